The lowest BCUT2D eigenvalue weighted by Gasteiger charge is -2.10. The van der Waals surface area contributed by atoms with Crippen LogP contribution in [-0.2, 0) is 0 Å². The first-order chi connectivity index (χ1) is 13.6. The van der Waals surface area contributed by atoms with Crippen LogP contribution in [0.4, 0.5) is 8.63 Å². The topological polar surface area (TPSA) is 34.1 Å². The molecule has 2 nitrogen and oxygen atoms in total. The second kappa shape index (κ2) is 8.57. The summed E-state index contributed by atoms with van der Waals surface area (Å²) >= 11 is 0. The summed E-state index contributed by atoms with van der Waals surface area (Å²) in [7, 11) is -1.00. The third-order valence-electron chi connectivity index (χ3n) is 4.54. The molecule has 0 N–H and O–H groups in total. The number of ketones is 2. The highest BCUT2D eigenvalue weighted by molar-refractivity contribution is 6.21. The number of carbonyl (C=O) groups is 2. The predicted octanol–water partition coefficient (Wildman–Crippen LogP) is 5.89. The van der Waals surface area contributed by atoms with E-state index in [0.717, 1.165) is 21.5 Å². The standard InChI is InChI=1S/C23H16O2.BF2/c1-15(24)19-10-4-5-11-20(19)23(25)21-12-6-9-18-13-16-7-2-3-8-17(16)14-22(18)21;2-1-3/h2-14H,1H3;. The predicted molar refractivity (Wildman–Crippen MR) is 109 cm³/mol. The van der Waals surface area contributed by atoms with Crippen LogP contribution in [0.3, 0.4) is 0 Å². The van der Waals surface area contributed by atoms with E-state index in [0.29, 0.717) is 16.7 Å². The molecule has 0 atom stereocenters. The van der Waals surface area contributed by atoms with Crippen molar-refractivity contribution in [1.29, 1.82) is 0 Å². The lowest BCUT2D eigenvalue weighted by molar-refractivity contribution is 0.0991. The van der Waals surface area contributed by atoms with Gasteiger partial charge in [0, 0.05) is 16.7 Å². The normalized spacial score (nSPS) is 10.2. The van der Waals surface area contributed by atoms with E-state index in [1.165, 1.54) is 6.92 Å². The largest absolute Gasteiger partial charge is 0.577 e. The minimum atomic E-state index is -1.00. The SMILES string of the molecule is CC(=O)c1ccccc1C(=O)c1cccc2cc3ccccc3cc12.F[B]F. The number of rotatable bonds is 3. The van der Waals surface area contributed by atoms with E-state index >= 15 is 0 Å². The summed E-state index contributed by atoms with van der Waals surface area (Å²) < 4.78 is 19.0. The molecule has 0 bridgehead atoms. The molecule has 0 heterocycles. The van der Waals surface area contributed by atoms with Gasteiger partial charge in [-0.1, -0.05) is 66.7 Å². The van der Waals surface area contributed by atoms with Gasteiger partial charge in [0.1, 0.15) is 0 Å². The van der Waals surface area contributed by atoms with Crippen molar-refractivity contribution in [2.45, 2.75) is 6.92 Å². The van der Waals surface area contributed by atoms with Crippen LogP contribution in [0.1, 0.15) is 33.2 Å². The van der Waals surface area contributed by atoms with Crippen LogP contribution in [0.25, 0.3) is 21.5 Å². The van der Waals surface area contributed by atoms with E-state index in [-0.39, 0.29) is 11.6 Å². The lowest BCUT2D eigenvalue weighted by Crippen LogP contribution is -2.08. The Morgan fingerprint density at radius 3 is 1.82 bits per heavy atom. The number of hydrogen-bond acceptors (Lipinski definition) is 2. The Bertz CT molecular complexity index is 1170. The van der Waals surface area contributed by atoms with Crippen molar-refractivity contribution in [3.05, 3.63) is 95.6 Å². The second-order valence-corrected chi connectivity index (χ2v) is 6.24. The molecule has 4 aromatic rings. The molecule has 4 rings (SSSR count). The molecule has 5 heteroatoms. The molecule has 1 radical (unpaired) electrons. The minimum Gasteiger partial charge on any atom is -0.294 e. The van der Waals surface area contributed by atoms with Crippen molar-refractivity contribution in [3.63, 3.8) is 0 Å². The third kappa shape index (κ3) is 3.84. The molecule has 0 aliphatic carbocycles. The summed E-state index contributed by atoms with van der Waals surface area (Å²) in [5.41, 5.74) is 1.54. The number of hydrogen-bond donors (Lipinski definition) is 0. The van der Waals surface area contributed by atoms with Gasteiger partial charge in [-0.25, -0.2) is 0 Å². The summed E-state index contributed by atoms with van der Waals surface area (Å²) in [6.07, 6.45) is 0. The van der Waals surface area contributed by atoms with Crippen LogP contribution in [0.5, 0.6) is 0 Å². The summed E-state index contributed by atoms with van der Waals surface area (Å²) in [5.74, 6) is -0.221. The maximum absolute atomic E-state index is 13.2. The molecular formula is C23H16BF2O2. The van der Waals surface area contributed by atoms with Crippen molar-refractivity contribution in [2.24, 2.45) is 0 Å². The maximum Gasteiger partial charge on any atom is 0.577 e. The van der Waals surface area contributed by atoms with Crippen molar-refractivity contribution in [1.82, 2.24) is 0 Å². The van der Waals surface area contributed by atoms with Crippen LogP contribution in [0.2, 0.25) is 0 Å². The van der Waals surface area contributed by atoms with Crippen LogP contribution in [0.15, 0.2) is 78.9 Å². The molecule has 0 unspecified atom stereocenters. The number of carbonyl (C=O) groups excluding carboxylic acids is 2. The fourth-order valence-corrected chi connectivity index (χ4v) is 3.30. The van der Waals surface area contributed by atoms with E-state index in [9.17, 15) is 18.2 Å². The zero-order chi connectivity index (χ0) is 20.1. The second-order valence-electron chi connectivity index (χ2n) is 6.24. The minimum absolute atomic E-state index is 0.102. The van der Waals surface area contributed by atoms with Crippen molar-refractivity contribution >= 4 is 40.9 Å². The molecular weight excluding hydrogens is 357 g/mol. The Hall–Kier alpha value is -3.34. The highest BCUT2D eigenvalue weighted by Crippen LogP contribution is 2.27. The number of benzene rings is 4. The Morgan fingerprint density at radius 2 is 1.18 bits per heavy atom. The zero-order valence-corrected chi connectivity index (χ0v) is 15.2. The van der Waals surface area contributed by atoms with Gasteiger partial charge < -0.3 is 0 Å². The third-order valence-corrected chi connectivity index (χ3v) is 4.54. The fraction of sp³-hybridized carbons (Fsp3) is 0.0435. The van der Waals surface area contributed by atoms with E-state index < -0.39 is 7.83 Å². The van der Waals surface area contributed by atoms with Crippen LogP contribution >= 0.6 is 0 Å². The molecule has 0 spiro atoms. The zero-order valence-electron chi connectivity index (χ0n) is 15.2. The summed E-state index contributed by atoms with van der Waals surface area (Å²) in [6.45, 7) is 1.49. The van der Waals surface area contributed by atoms with Gasteiger partial charge in [0.05, 0.1) is 0 Å². The molecule has 0 aliphatic heterocycles. The summed E-state index contributed by atoms with van der Waals surface area (Å²) in [6, 6.07) is 25.0. The number of fused-ring (bicyclic) bond motifs is 2. The smallest absolute Gasteiger partial charge is 0.294 e. The van der Waals surface area contributed by atoms with Gasteiger partial charge in [-0.3, -0.25) is 18.2 Å². The lowest BCUT2D eigenvalue weighted by atomic mass is 9.92. The van der Waals surface area contributed by atoms with Crippen LogP contribution in [0, 0.1) is 0 Å². The van der Waals surface area contributed by atoms with E-state index in [2.05, 4.69) is 12.1 Å². The average Bonchev–Trinajstić information content (AvgIpc) is 2.72. The summed E-state index contributed by atoms with van der Waals surface area (Å²) in [5, 5.41) is 4.16. The Balaban J connectivity index is 0.000000706. The van der Waals surface area contributed by atoms with Gasteiger partial charge in [-0.2, -0.15) is 0 Å². The van der Waals surface area contributed by atoms with Crippen LogP contribution in [-0.4, -0.2) is 19.4 Å². The molecule has 137 valence electrons. The van der Waals surface area contributed by atoms with Crippen molar-refractivity contribution in [2.75, 3.05) is 0 Å². The van der Waals surface area contributed by atoms with Gasteiger partial charge in [-0.05, 0) is 40.6 Å². The van der Waals surface area contributed by atoms with Gasteiger partial charge in [0.2, 0.25) is 0 Å². The highest BCUT2D eigenvalue weighted by Gasteiger charge is 2.17. The van der Waals surface area contributed by atoms with Gasteiger partial charge >= 0.3 is 7.83 Å². The van der Waals surface area contributed by atoms with E-state index in [1.54, 1.807) is 24.3 Å². The molecule has 0 saturated heterocycles. The monoisotopic (exact) mass is 373 g/mol. The molecule has 28 heavy (non-hydrogen) atoms. The fourth-order valence-electron chi connectivity index (χ4n) is 3.30. The average molecular weight is 373 g/mol. The molecule has 0 aromatic heterocycles. The number of Topliss-reactive ketones (excluding diaryl/α,β-unsaturated/α-hetero) is 1. The van der Waals surface area contributed by atoms with E-state index in [1.807, 2.05) is 42.5 Å². The van der Waals surface area contributed by atoms with Crippen LogP contribution < -0.4 is 0 Å². The summed E-state index contributed by atoms with van der Waals surface area (Å²) in [4.78, 5) is 25.1. The van der Waals surface area contributed by atoms with Crippen molar-refractivity contribution in [3.8, 4) is 0 Å². The van der Waals surface area contributed by atoms with E-state index in [4.69, 9.17) is 0 Å². The first-order valence-electron chi connectivity index (χ1n) is 8.65. The molecule has 0 fully saturated rings. The Labute approximate surface area is 162 Å². The number of halogens is 2. The van der Waals surface area contributed by atoms with Gasteiger partial charge in [0.15, 0.2) is 11.6 Å². The maximum atomic E-state index is 13.2. The first kappa shape index (κ1) is 19.4. The molecule has 4 aromatic carbocycles. The highest BCUT2D eigenvalue weighted by atomic mass is 19.2. The molecule has 0 amide bonds. The molecule has 0 saturated carbocycles. The first-order valence-corrected chi connectivity index (χ1v) is 8.65. The quantitative estimate of drug-likeness (QED) is 0.255. The Kier molecular flexibility index (Phi) is 5.95. The van der Waals surface area contributed by atoms with Gasteiger partial charge in [0.25, 0.3) is 0 Å². The van der Waals surface area contributed by atoms with Crippen molar-refractivity contribution < 1.29 is 18.2 Å². The Morgan fingerprint density at radius 1 is 0.679 bits per heavy atom. The molecule has 0 aliphatic rings. The van der Waals surface area contributed by atoms with Gasteiger partial charge in [-0.15, -0.1) is 0 Å².